The summed E-state index contributed by atoms with van der Waals surface area (Å²) in [5.41, 5.74) is 2.86. The number of carbonyl (C=O) groups excluding carboxylic acids is 2. The van der Waals surface area contributed by atoms with Gasteiger partial charge in [0.15, 0.2) is 0 Å². The summed E-state index contributed by atoms with van der Waals surface area (Å²) in [6.07, 6.45) is 0.651. The van der Waals surface area contributed by atoms with E-state index in [1.165, 1.54) is 11.8 Å². The average Bonchev–Trinajstić information content (AvgIpc) is 2.80. The molecule has 0 radical (unpaired) electrons. The molecule has 0 saturated heterocycles. The van der Waals surface area contributed by atoms with Crippen LogP contribution in [0, 0.1) is 6.92 Å². The number of hydrogen-bond donors (Lipinski definition) is 2. The normalized spacial score (nSPS) is 11.5. The number of amides is 2. The van der Waals surface area contributed by atoms with Crippen molar-refractivity contribution in [2.24, 2.45) is 0 Å². The van der Waals surface area contributed by atoms with Crippen LogP contribution in [0.25, 0.3) is 0 Å². The molecule has 2 N–H and O–H groups in total. The minimum atomic E-state index is -0.291. The van der Waals surface area contributed by atoms with E-state index in [0.717, 1.165) is 10.5 Å². The van der Waals surface area contributed by atoms with Gasteiger partial charge in [0.25, 0.3) is 5.91 Å². The van der Waals surface area contributed by atoms with Crippen molar-refractivity contribution in [2.45, 2.75) is 30.4 Å². The van der Waals surface area contributed by atoms with E-state index in [4.69, 9.17) is 16.3 Å². The third kappa shape index (κ3) is 6.28. The Kier molecular flexibility index (Phi) is 8.20. The number of hydrogen-bond acceptors (Lipinski definition) is 4. The van der Waals surface area contributed by atoms with E-state index >= 15 is 0 Å². The van der Waals surface area contributed by atoms with Crippen LogP contribution >= 0.6 is 23.4 Å². The smallest absolute Gasteiger partial charge is 0.255 e. The lowest BCUT2D eigenvalue weighted by molar-refractivity contribution is -0.115. The molecule has 5 nitrogen and oxygen atoms in total. The number of halogens is 1. The molecule has 7 heteroatoms. The van der Waals surface area contributed by atoms with Crippen molar-refractivity contribution in [3.05, 3.63) is 82.9 Å². The zero-order valence-corrected chi connectivity index (χ0v) is 19.7. The maximum absolute atomic E-state index is 12.9. The number of ether oxygens (including phenoxy) is 1. The highest BCUT2D eigenvalue weighted by molar-refractivity contribution is 8.00. The van der Waals surface area contributed by atoms with Gasteiger partial charge in [0, 0.05) is 26.9 Å². The van der Waals surface area contributed by atoms with Crippen molar-refractivity contribution in [2.75, 3.05) is 17.7 Å². The predicted octanol–water partition coefficient (Wildman–Crippen LogP) is 6.42. The molecule has 0 aliphatic heterocycles. The van der Waals surface area contributed by atoms with Crippen LogP contribution in [0.4, 0.5) is 11.4 Å². The number of aryl methyl sites for hydroxylation is 1. The number of methoxy groups -OCH3 is 1. The molecule has 0 spiro atoms. The number of carbonyl (C=O) groups is 2. The highest BCUT2D eigenvalue weighted by Crippen LogP contribution is 2.29. The van der Waals surface area contributed by atoms with Gasteiger partial charge in [0.2, 0.25) is 5.91 Å². The van der Waals surface area contributed by atoms with Gasteiger partial charge in [-0.1, -0.05) is 30.7 Å². The second-order valence-electron chi connectivity index (χ2n) is 7.17. The average molecular weight is 469 g/mol. The number of benzene rings is 3. The standard InChI is InChI=1S/C25H25ClN2O3S/c1-4-23(25(30)28-22-14-18(26)11-8-16(22)2)32-21-7-5-6-19(15-21)27-24(29)17-9-12-20(31-3)13-10-17/h5-15,23H,4H2,1-3H3,(H,27,29)(H,28,30). The topological polar surface area (TPSA) is 67.4 Å². The molecule has 1 unspecified atom stereocenters. The molecule has 3 rings (SSSR count). The Bertz CT molecular complexity index is 1100. The molecule has 3 aromatic rings. The lowest BCUT2D eigenvalue weighted by atomic mass is 10.2. The molecule has 0 fully saturated rings. The summed E-state index contributed by atoms with van der Waals surface area (Å²) in [5, 5.41) is 6.16. The second kappa shape index (κ2) is 11.1. The first kappa shape index (κ1) is 23.7. The van der Waals surface area contributed by atoms with Crippen LogP contribution in [0.5, 0.6) is 5.75 Å². The van der Waals surface area contributed by atoms with E-state index in [-0.39, 0.29) is 17.1 Å². The SMILES string of the molecule is CCC(Sc1cccc(NC(=O)c2ccc(OC)cc2)c1)C(=O)Nc1cc(Cl)ccc1C. The fraction of sp³-hybridized carbons (Fsp3) is 0.200. The van der Waals surface area contributed by atoms with E-state index in [1.54, 1.807) is 43.5 Å². The van der Waals surface area contributed by atoms with Crippen LogP contribution < -0.4 is 15.4 Å². The Labute approximate surface area is 197 Å². The van der Waals surface area contributed by atoms with Gasteiger partial charge in [-0.05, 0) is 73.5 Å². The van der Waals surface area contributed by atoms with Crippen molar-refractivity contribution in [1.29, 1.82) is 0 Å². The van der Waals surface area contributed by atoms with Crippen LogP contribution in [0.1, 0.15) is 29.3 Å². The zero-order chi connectivity index (χ0) is 23.1. The van der Waals surface area contributed by atoms with E-state index in [9.17, 15) is 9.59 Å². The maximum atomic E-state index is 12.9. The van der Waals surface area contributed by atoms with Gasteiger partial charge in [-0.2, -0.15) is 0 Å². The third-order valence-corrected chi connectivity index (χ3v) is 6.44. The predicted molar refractivity (Wildman–Crippen MR) is 132 cm³/mol. The van der Waals surface area contributed by atoms with Crippen LogP contribution in [-0.2, 0) is 4.79 Å². The van der Waals surface area contributed by atoms with Gasteiger partial charge in [-0.15, -0.1) is 11.8 Å². The van der Waals surface area contributed by atoms with Gasteiger partial charge in [-0.25, -0.2) is 0 Å². The number of nitrogens with one attached hydrogen (secondary N) is 2. The molecule has 0 aromatic heterocycles. The van der Waals surface area contributed by atoms with Crippen LogP contribution in [-0.4, -0.2) is 24.2 Å². The highest BCUT2D eigenvalue weighted by atomic mass is 35.5. The van der Waals surface area contributed by atoms with Gasteiger partial charge in [-0.3, -0.25) is 9.59 Å². The Balaban J connectivity index is 1.67. The molecule has 2 amide bonds. The fourth-order valence-corrected chi connectivity index (χ4v) is 4.21. The number of rotatable bonds is 8. The first-order valence-corrected chi connectivity index (χ1v) is 11.4. The highest BCUT2D eigenvalue weighted by Gasteiger charge is 2.19. The van der Waals surface area contributed by atoms with E-state index in [1.807, 2.05) is 44.2 Å². The Morgan fingerprint density at radius 3 is 2.47 bits per heavy atom. The summed E-state index contributed by atoms with van der Waals surface area (Å²) in [4.78, 5) is 26.3. The Morgan fingerprint density at radius 1 is 1.03 bits per heavy atom. The first-order chi connectivity index (χ1) is 15.4. The number of thioether (sulfide) groups is 1. The number of anilines is 2. The molecule has 0 saturated carbocycles. The maximum Gasteiger partial charge on any atom is 0.255 e. The summed E-state index contributed by atoms with van der Waals surface area (Å²) in [5.74, 6) is 0.392. The molecule has 0 bridgehead atoms. The summed E-state index contributed by atoms with van der Waals surface area (Å²) < 4.78 is 5.13. The molecule has 3 aromatic carbocycles. The van der Waals surface area contributed by atoms with Crippen LogP contribution in [0.15, 0.2) is 71.6 Å². The van der Waals surface area contributed by atoms with Crippen molar-refractivity contribution in [1.82, 2.24) is 0 Å². The van der Waals surface area contributed by atoms with E-state index < -0.39 is 0 Å². The van der Waals surface area contributed by atoms with Crippen LogP contribution in [0.2, 0.25) is 5.02 Å². The minimum absolute atomic E-state index is 0.0875. The van der Waals surface area contributed by atoms with Crippen molar-refractivity contribution < 1.29 is 14.3 Å². The van der Waals surface area contributed by atoms with Crippen LogP contribution in [0.3, 0.4) is 0 Å². The molecule has 1 atom stereocenters. The molecule has 32 heavy (non-hydrogen) atoms. The largest absolute Gasteiger partial charge is 0.497 e. The summed E-state index contributed by atoms with van der Waals surface area (Å²) in [7, 11) is 1.58. The van der Waals surface area contributed by atoms with Gasteiger partial charge >= 0.3 is 0 Å². The van der Waals surface area contributed by atoms with Gasteiger partial charge in [0.1, 0.15) is 5.75 Å². The summed E-state index contributed by atoms with van der Waals surface area (Å²) >= 11 is 7.52. The molecule has 0 aliphatic carbocycles. The summed E-state index contributed by atoms with van der Waals surface area (Å²) in [6, 6.07) is 19.8. The molecule has 0 heterocycles. The monoisotopic (exact) mass is 468 g/mol. The van der Waals surface area contributed by atoms with Crippen molar-refractivity contribution >= 4 is 46.6 Å². The van der Waals surface area contributed by atoms with Crippen molar-refractivity contribution in [3.63, 3.8) is 0 Å². The van der Waals surface area contributed by atoms with E-state index in [0.29, 0.717) is 34.1 Å². The molecule has 0 aliphatic rings. The second-order valence-corrected chi connectivity index (χ2v) is 8.89. The molecule has 166 valence electrons. The van der Waals surface area contributed by atoms with Gasteiger partial charge < -0.3 is 15.4 Å². The third-order valence-electron chi connectivity index (χ3n) is 4.84. The lowest BCUT2D eigenvalue weighted by Crippen LogP contribution is -2.25. The zero-order valence-electron chi connectivity index (χ0n) is 18.1. The fourth-order valence-electron chi connectivity index (χ4n) is 3.02. The Morgan fingerprint density at radius 2 is 1.78 bits per heavy atom. The van der Waals surface area contributed by atoms with E-state index in [2.05, 4.69) is 10.6 Å². The lowest BCUT2D eigenvalue weighted by Gasteiger charge is -2.16. The van der Waals surface area contributed by atoms with Gasteiger partial charge in [0.05, 0.1) is 12.4 Å². The Hall–Kier alpha value is -2.96. The molecular weight excluding hydrogens is 444 g/mol. The first-order valence-electron chi connectivity index (χ1n) is 10.2. The quantitative estimate of drug-likeness (QED) is 0.374. The van der Waals surface area contributed by atoms with Crippen molar-refractivity contribution in [3.8, 4) is 5.75 Å². The molecular formula is C25H25ClN2O3S. The minimum Gasteiger partial charge on any atom is -0.497 e. The summed E-state index contributed by atoms with van der Waals surface area (Å²) in [6.45, 7) is 3.90.